The first-order valence-corrected chi connectivity index (χ1v) is 10.2. The predicted octanol–water partition coefficient (Wildman–Crippen LogP) is 5.13. The first kappa shape index (κ1) is 18.7. The van der Waals surface area contributed by atoms with E-state index in [4.69, 9.17) is 21.0 Å². The van der Waals surface area contributed by atoms with Gasteiger partial charge in [0.2, 0.25) is 0 Å². The van der Waals surface area contributed by atoms with Gasteiger partial charge in [0.15, 0.2) is 17.2 Å². The molecule has 4 aromatic rings. The summed E-state index contributed by atoms with van der Waals surface area (Å²) in [5, 5.41) is 3.57. The Balaban J connectivity index is 1.42. The molecule has 1 saturated heterocycles. The summed E-state index contributed by atoms with van der Waals surface area (Å²) in [5.41, 5.74) is 3.29. The lowest BCUT2D eigenvalue weighted by atomic mass is 10.2. The Kier molecular flexibility index (Phi) is 4.67. The fourth-order valence-corrected chi connectivity index (χ4v) is 4.09. The molecule has 0 spiro atoms. The van der Waals surface area contributed by atoms with E-state index in [0.717, 1.165) is 34.7 Å². The molecular weight excluding hydrogens is 402 g/mol. The number of carbonyl (C=O) groups is 1. The number of furan rings is 1. The molecule has 30 heavy (non-hydrogen) atoms. The van der Waals surface area contributed by atoms with Gasteiger partial charge in [0.25, 0.3) is 0 Å². The minimum Gasteiger partial charge on any atom is -0.461 e. The summed E-state index contributed by atoms with van der Waals surface area (Å²) in [6.07, 6.45) is 4.19. The summed E-state index contributed by atoms with van der Waals surface area (Å²) in [5.74, 6) is 1.41. The van der Waals surface area contributed by atoms with Crippen LogP contribution in [-0.2, 0) is 0 Å². The Morgan fingerprint density at radius 1 is 1.27 bits per heavy atom. The molecule has 1 aliphatic heterocycles. The molecule has 1 atom stereocenters. The van der Waals surface area contributed by atoms with Gasteiger partial charge in [-0.15, -0.1) is 0 Å². The zero-order valence-electron chi connectivity index (χ0n) is 16.4. The summed E-state index contributed by atoms with van der Waals surface area (Å²) < 4.78 is 7.70. The van der Waals surface area contributed by atoms with E-state index >= 15 is 0 Å². The van der Waals surface area contributed by atoms with Crippen LogP contribution in [0.3, 0.4) is 0 Å². The van der Waals surface area contributed by atoms with Crippen molar-refractivity contribution in [2.24, 2.45) is 0 Å². The molecule has 3 aromatic heterocycles. The first-order chi connectivity index (χ1) is 14.6. The Morgan fingerprint density at radius 2 is 2.17 bits per heavy atom. The predicted molar refractivity (Wildman–Crippen MR) is 116 cm³/mol. The fourth-order valence-electron chi connectivity index (χ4n) is 3.92. The molecule has 0 aliphatic carbocycles. The number of pyridine rings is 1. The number of rotatable bonds is 3. The van der Waals surface area contributed by atoms with Crippen LogP contribution in [0, 0.1) is 6.92 Å². The standard InChI is InChI=1S/C22H20ClN5O2/c1-14-6-7-15(23)12-18(14)26-22(29)27-10-8-16(13-27)28-20-17(4-2-9-24-20)25-21(28)19-5-3-11-30-19/h2-7,9,11-12,16H,8,10,13H2,1H3,(H,26,29)/t16-/m1/s1. The van der Waals surface area contributed by atoms with Crippen molar-refractivity contribution in [3.63, 3.8) is 0 Å². The molecule has 0 saturated carbocycles. The number of nitrogens with one attached hydrogen (secondary N) is 1. The largest absolute Gasteiger partial charge is 0.461 e. The van der Waals surface area contributed by atoms with Crippen LogP contribution in [0.1, 0.15) is 18.0 Å². The number of aryl methyl sites for hydroxylation is 1. The maximum absolute atomic E-state index is 12.9. The maximum atomic E-state index is 12.9. The van der Waals surface area contributed by atoms with Crippen LogP contribution >= 0.6 is 11.6 Å². The highest BCUT2D eigenvalue weighted by molar-refractivity contribution is 6.31. The topological polar surface area (TPSA) is 76.2 Å². The molecule has 0 unspecified atom stereocenters. The Labute approximate surface area is 178 Å². The van der Waals surface area contributed by atoms with Crippen molar-refractivity contribution in [3.8, 4) is 11.6 Å². The second-order valence-electron chi connectivity index (χ2n) is 7.41. The fraction of sp³-hybridized carbons (Fsp3) is 0.227. The number of likely N-dealkylation sites (tertiary alicyclic amines) is 1. The van der Waals surface area contributed by atoms with Gasteiger partial charge in [0.1, 0.15) is 5.52 Å². The van der Waals surface area contributed by atoms with Crippen LogP contribution in [0.5, 0.6) is 0 Å². The molecule has 0 bridgehead atoms. The van der Waals surface area contributed by atoms with E-state index in [1.807, 2.05) is 48.2 Å². The SMILES string of the molecule is Cc1ccc(Cl)cc1NC(=O)N1CC[C@@H](n2c(-c3ccco3)nc3cccnc32)C1. The van der Waals surface area contributed by atoms with Gasteiger partial charge in [-0.3, -0.25) is 0 Å². The Hall–Kier alpha value is -3.32. The minimum atomic E-state index is -0.139. The van der Waals surface area contributed by atoms with Crippen molar-refractivity contribution < 1.29 is 9.21 Å². The van der Waals surface area contributed by atoms with E-state index in [9.17, 15) is 4.79 Å². The van der Waals surface area contributed by atoms with Crippen LogP contribution in [-0.4, -0.2) is 38.6 Å². The number of halogens is 1. The number of anilines is 1. The molecule has 0 radical (unpaired) electrons. The minimum absolute atomic E-state index is 0.0520. The summed E-state index contributed by atoms with van der Waals surface area (Å²) >= 11 is 6.08. The first-order valence-electron chi connectivity index (χ1n) is 9.79. The van der Waals surface area contributed by atoms with Crippen LogP contribution in [0.15, 0.2) is 59.3 Å². The summed E-state index contributed by atoms with van der Waals surface area (Å²) in [6, 6.07) is 12.9. The van der Waals surface area contributed by atoms with Gasteiger partial charge in [-0.25, -0.2) is 14.8 Å². The van der Waals surface area contributed by atoms with Crippen LogP contribution in [0.2, 0.25) is 5.02 Å². The van der Waals surface area contributed by atoms with E-state index in [1.165, 1.54) is 0 Å². The lowest BCUT2D eigenvalue weighted by Gasteiger charge is -2.19. The van der Waals surface area contributed by atoms with Crippen molar-refractivity contribution >= 4 is 34.5 Å². The second kappa shape index (κ2) is 7.50. The highest BCUT2D eigenvalue weighted by Gasteiger charge is 2.31. The third-order valence-corrected chi connectivity index (χ3v) is 5.68. The van der Waals surface area contributed by atoms with Crippen molar-refractivity contribution in [2.75, 3.05) is 18.4 Å². The van der Waals surface area contributed by atoms with Crippen molar-refractivity contribution in [1.29, 1.82) is 0 Å². The zero-order chi connectivity index (χ0) is 20.7. The van der Waals surface area contributed by atoms with E-state index in [2.05, 4.69) is 14.9 Å². The number of nitrogens with zero attached hydrogens (tertiary/aromatic N) is 4. The maximum Gasteiger partial charge on any atom is 0.321 e. The highest BCUT2D eigenvalue weighted by Crippen LogP contribution is 2.32. The molecule has 152 valence electrons. The third kappa shape index (κ3) is 3.31. The quantitative estimate of drug-likeness (QED) is 0.497. The van der Waals surface area contributed by atoms with Crippen LogP contribution in [0.4, 0.5) is 10.5 Å². The van der Waals surface area contributed by atoms with Gasteiger partial charge in [-0.2, -0.15) is 0 Å². The number of urea groups is 1. The Bertz CT molecular complexity index is 1220. The average molecular weight is 422 g/mol. The molecule has 5 rings (SSSR count). The number of aromatic nitrogens is 3. The lowest BCUT2D eigenvalue weighted by Crippen LogP contribution is -2.33. The number of hydrogen-bond donors (Lipinski definition) is 1. The Morgan fingerprint density at radius 3 is 3.00 bits per heavy atom. The van der Waals surface area contributed by atoms with Crippen LogP contribution < -0.4 is 5.32 Å². The van der Waals surface area contributed by atoms with Crippen LogP contribution in [0.25, 0.3) is 22.7 Å². The highest BCUT2D eigenvalue weighted by atomic mass is 35.5. The van der Waals surface area contributed by atoms with E-state index in [0.29, 0.717) is 23.9 Å². The summed E-state index contributed by atoms with van der Waals surface area (Å²) in [4.78, 5) is 24.0. The normalized spacial score (nSPS) is 16.3. The van der Waals surface area contributed by atoms with Gasteiger partial charge in [0, 0.05) is 30.0 Å². The van der Waals surface area contributed by atoms with E-state index in [-0.39, 0.29) is 12.1 Å². The van der Waals surface area contributed by atoms with Crippen molar-refractivity contribution in [2.45, 2.75) is 19.4 Å². The van der Waals surface area contributed by atoms with Gasteiger partial charge in [0.05, 0.1) is 12.3 Å². The smallest absolute Gasteiger partial charge is 0.321 e. The number of benzene rings is 1. The molecule has 1 aromatic carbocycles. The number of amides is 2. The monoisotopic (exact) mass is 421 g/mol. The molecule has 7 nitrogen and oxygen atoms in total. The molecule has 1 fully saturated rings. The average Bonchev–Trinajstić information content (AvgIpc) is 3.49. The van der Waals surface area contributed by atoms with Gasteiger partial charge >= 0.3 is 6.03 Å². The zero-order valence-corrected chi connectivity index (χ0v) is 17.1. The molecular formula is C22H20ClN5O2. The molecule has 4 heterocycles. The third-order valence-electron chi connectivity index (χ3n) is 5.45. The van der Waals surface area contributed by atoms with Crippen molar-refractivity contribution in [1.82, 2.24) is 19.4 Å². The summed E-state index contributed by atoms with van der Waals surface area (Å²) in [7, 11) is 0. The second-order valence-corrected chi connectivity index (χ2v) is 7.84. The van der Waals surface area contributed by atoms with Crippen molar-refractivity contribution in [3.05, 3.63) is 65.5 Å². The van der Waals surface area contributed by atoms with Gasteiger partial charge in [-0.1, -0.05) is 17.7 Å². The number of carbonyl (C=O) groups excluding carboxylic acids is 1. The lowest BCUT2D eigenvalue weighted by molar-refractivity contribution is 0.221. The number of fused-ring (bicyclic) bond motifs is 1. The molecule has 1 aliphatic rings. The summed E-state index contributed by atoms with van der Waals surface area (Å²) in [6.45, 7) is 3.14. The number of hydrogen-bond acceptors (Lipinski definition) is 4. The van der Waals surface area contributed by atoms with Gasteiger partial charge < -0.3 is 19.2 Å². The molecule has 2 amide bonds. The molecule has 8 heteroatoms. The number of imidazole rings is 1. The van der Waals surface area contributed by atoms with E-state index in [1.54, 1.807) is 18.5 Å². The molecule has 1 N–H and O–H groups in total. The van der Waals surface area contributed by atoms with Gasteiger partial charge in [-0.05, 0) is 55.3 Å². The van der Waals surface area contributed by atoms with E-state index < -0.39 is 0 Å².